The topological polar surface area (TPSA) is 54.0 Å². The lowest BCUT2D eigenvalue weighted by Gasteiger charge is -2.23. The quantitative estimate of drug-likeness (QED) is 0.914. The average molecular weight is 322 g/mol. The Bertz CT molecular complexity index is 620. The molecule has 1 aromatic heterocycles. The fraction of sp³-hybridized carbons (Fsp3) is 0.333. The maximum atomic E-state index is 12.2. The van der Waals surface area contributed by atoms with Crippen molar-refractivity contribution >= 4 is 28.8 Å². The first-order valence-electron chi connectivity index (χ1n) is 6.95. The second-order valence-corrected chi connectivity index (χ2v) is 6.36. The average Bonchev–Trinajstić information content (AvgIpc) is 2.99. The van der Waals surface area contributed by atoms with Crippen molar-refractivity contribution in [3.05, 3.63) is 40.4 Å². The summed E-state index contributed by atoms with van der Waals surface area (Å²) in [4.78, 5) is 16.6. The Morgan fingerprint density at radius 1 is 1.38 bits per heavy atom. The van der Waals surface area contributed by atoms with Crippen molar-refractivity contribution in [2.45, 2.75) is 18.9 Å². The molecule has 1 aliphatic heterocycles. The molecule has 0 radical (unpaired) electrons. The number of carbonyl (C=O) groups excluding carboxylic acids is 1. The summed E-state index contributed by atoms with van der Waals surface area (Å²) in [6.45, 7) is 1.86. The molecule has 110 valence electrons. The minimum absolute atomic E-state index is 0.0971. The molecule has 1 saturated heterocycles. The number of nitrogens with zero attached hydrogens (tertiary/aromatic N) is 1. The SMILES string of the molecule is O=C(N[C@H]1CCCNC1)c1csc(-c2ccc(Cl)cc2)n1. The molecule has 0 unspecified atom stereocenters. The van der Waals surface area contributed by atoms with Gasteiger partial charge in [-0.05, 0) is 31.5 Å². The molecule has 3 rings (SSSR count). The van der Waals surface area contributed by atoms with Crippen LogP contribution in [0.2, 0.25) is 5.02 Å². The molecule has 0 saturated carbocycles. The van der Waals surface area contributed by atoms with Crippen molar-refractivity contribution < 1.29 is 4.79 Å². The monoisotopic (exact) mass is 321 g/mol. The Balaban J connectivity index is 1.69. The molecule has 0 aliphatic carbocycles. The molecule has 2 heterocycles. The molecule has 0 spiro atoms. The van der Waals surface area contributed by atoms with Crippen molar-refractivity contribution in [1.82, 2.24) is 15.6 Å². The van der Waals surface area contributed by atoms with Gasteiger partial charge in [-0.3, -0.25) is 4.79 Å². The molecular weight excluding hydrogens is 306 g/mol. The first-order chi connectivity index (χ1) is 10.2. The van der Waals surface area contributed by atoms with E-state index in [9.17, 15) is 4.79 Å². The standard InChI is InChI=1S/C15H16ClN3OS/c16-11-5-3-10(4-6-11)15-19-13(9-21-15)14(20)18-12-2-1-7-17-8-12/h3-6,9,12,17H,1-2,7-8H2,(H,18,20)/t12-/m0/s1. The van der Waals surface area contributed by atoms with Crippen LogP contribution in [-0.4, -0.2) is 30.0 Å². The van der Waals surface area contributed by atoms with E-state index in [2.05, 4.69) is 15.6 Å². The third kappa shape index (κ3) is 3.61. The number of halogens is 1. The van der Waals surface area contributed by atoms with Gasteiger partial charge in [0.05, 0.1) is 0 Å². The fourth-order valence-corrected chi connectivity index (χ4v) is 3.27. The highest BCUT2D eigenvalue weighted by Gasteiger charge is 2.18. The van der Waals surface area contributed by atoms with Crippen molar-refractivity contribution in [1.29, 1.82) is 0 Å². The first kappa shape index (κ1) is 14.5. The number of hydrogen-bond donors (Lipinski definition) is 2. The molecule has 2 N–H and O–H groups in total. The van der Waals surface area contributed by atoms with E-state index in [0.717, 1.165) is 36.5 Å². The molecule has 1 fully saturated rings. The molecule has 1 atom stereocenters. The van der Waals surface area contributed by atoms with Crippen LogP contribution in [0, 0.1) is 0 Å². The van der Waals surface area contributed by atoms with Crippen molar-refractivity contribution in [3.63, 3.8) is 0 Å². The number of hydrogen-bond acceptors (Lipinski definition) is 4. The lowest BCUT2D eigenvalue weighted by molar-refractivity contribution is 0.0926. The maximum absolute atomic E-state index is 12.2. The minimum Gasteiger partial charge on any atom is -0.347 e. The number of piperidine rings is 1. The highest BCUT2D eigenvalue weighted by atomic mass is 35.5. The smallest absolute Gasteiger partial charge is 0.271 e. The summed E-state index contributed by atoms with van der Waals surface area (Å²) < 4.78 is 0. The van der Waals surface area contributed by atoms with Crippen LogP contribution in [0.25, 0.3) is 10.6 Å². The summed E-state index contributed by atoms with van der Waals surface area (Å²) in [5.74, 6) is -0.0971. The second-order valence-electron chi connectivity index (χ2n) is 5.06. The van der Waals surface area contributed by atoms with Crippen LogP contribution < -0.4 is 10.6 Å². The Morgan fingerprint density at radius 3 is 2.90 bits per heavy atom. The predicted molar refractivity (Wildman–Crippen MR) is 85.9 cm³/mol. The van der Waals surface area contributed by atoms with Crippen LogP contribution >= 0.6 is 22.9 Å². The van der Waals surface area contributed by atoms with Gasteiger partial charge in [-0.15, -0.1) is 11.3 Å². The largest absolute Gasteiger partial charge is 0.347 e. The van der Waals surface area contributed by atoms with E-state index in [1.807, 2.05) is 24.3 Å². The number of aromatic nitrogens is 1. The zero-order chi connectivity index (χ0) is 14.7. The van der Waals surface area contributed by atoms with E-state index in [0.29, 0.717) is 10.7 Å². The van der Waals surface area contributed by atoms with E-state index in [-0.39, 0.29) is 11.9 Å². The van der Waals surface area contributed by atoms with Crippen molar-refractivity contribution in [2.24, 2.45) is 0 Å². The van der Waals surface area contributed by atoms with Gasteiger partial charge in [0.1, 0.15) is 10.7 Å². The highest BCUT2D eigenvalue weighted by Crippen LogP contribution is 2.25. The van der Waals surface area contributed by atoms with E-state index in [4.69, 9.17) is 11.6 Å². The summed E-state index contributed by atoms with van der Waals surface area (Å²) >= 11 is 7.34. The molecule has 0 bridgehead atoms. The van der Waals surface area contributed by atoms with Crippen molar-refractivity contribution in [3.8, 4) is 10.6 Å². The predicted octanol–water partition coefficient (Wildman–Crippen LogP) is 2.95. The molecule has 6 heteroatoms. The van der Waals surface area contributed by atoms with Gasteiger partial charge >= 0.3 is 0 Å². The fourth-order valence-electron chi connectivity index (χ4n) is 2.34. The van der Waals surface area contributed by atoms with Crippen LogP contribution in [0.5, 0.6) is 0 Å². The summed E-state index contributed by atoms with van der Waals surface area (Å²) in [6, 6.07) is 7.67. The van der Waals surface area contributed by atoms with Crippen molar-refractivity contribution in [2.75, 3.05) is 13.1 Å². The third-order valence-corrected chi connectivity index (χ3v) is 4.60. The Morgan fingerprint density at radius 2 is 2.19 bits per heavy atom. The van der Waals surface area contributed by atoms with Crippen LogP contribution in [0.15, 0.2) is 29.6 Å². The van der Waals surface area contributed by atoms with Gasteiger partial charge in [0.2, 0.25) is 0 Å². The second kappa shape index (κ2) is 6.56. The minimum atomic E-state index is -0.0971. The molecule has 21 heavy (non-hydrogen) atoms. The summed E-state index contributed by atoms with van der Waals surface area (Å²) in [5.41, 5.74) is 1.46. The molecular formula is C15H16ClN3OS. The number of rotatable bonds is 3. The summed E-state index contributed by atoms with van der Waals surface area (Å²) in [7, 11) is 0. The molecule has 1 aromatic carbocycles. The summed E-state index contributed by atoms with van der Waals surface area (Å²) in [5, 5.41) is 9.64. The normalized spacial score (nSPS) is 18.4. The Labute approximate surface area is 132 Å². The van der Waals surface area contributed by atoms with Gasteiger partial charge in [0, 0.05) is 28.6 Å². The summed E-state index contributed by atoms with van der Waals surface area (Å²) in [6.07, 6.45) is 2.12. The van der Waals surface area contributed by atoms with Gasteiger partial charge < -0.3 is 10.6 Å². The zero-order valence-electron chi connectivity index (χ0n) is 11.4. The van der Waals surface area contributed by atoms with Crippen LogP contribution in [0.3, 0.4) is 0 Å². The number of carbonyl (C=O) groups is 1. The first-order valence-corrected chi connectivity index (χ1v) is 8.21. The maximum Gasteiger partial charge on any atom is 0.271 e. The van der Waals surface area contributed by atoms with E-state index in [1.165, 1.54) is 11.3 Å². The number of amides is 1. The third-order valence-electron chi connectivity index (χ3n) is 3.46. The molecule has 1 aliphatic rings. The number of nitrogens with one attached hydrogen (secondary N) is 2. The number of thiazole rings is 1. The van der Waals surface area contributed by atoms with Gasteiger partial charge in [-0.2, -0.15) is 0 Å². The number of benzene rings is 1. The van der Waals surface area contributed by atoms with Gasteiger partial charge in [-0.1, -0.05) is 23.7 Å². The Kier molecular flexibility index (Phi) is 4.53. The Hall–Kier alpha value is -1.43. The lowest BCUT2D eigenvalue weighted by atomic mass is 10.1. The van der Waals surface area contributed by atoms with Gasteiger partial charge in [0.25, 0.3) is 5.91 Å². The van der Waals surface area contributed by atoms with Crippen LogP contribution in [0.1, 0.15) is 23.3 Å². The lowest BCUT2D eigenvalue weighted by Crippen LogP contribution is -2.45. The van der Waals surface area contributed by atoms with Crippen LogP contribution in [0.4, 0.5) is 0 Å². The van der Waals surface area contributed by atoms with E-state index < -0.39 is 0 Å². The molecule has 1 amide bonds. The van der Waals surface area contributed by atoms with Gasteiger partial charge in [0.15, 0.2) is 0 Å². The zero-order valence-corrected chi connectivity index (χ0v) is 13.0. The van der Waals surface area contributed by atoms with E-state index in [1.54, 1.807) is 5.38 Å². The van der Waals surface area contributed by atoms with Crippen LogP contribution in [-0.2, 0) is 0 Å². The van der Waals surface area contributed by atoms with E-state index >= 15 is 0 Å². The highest BCUT2D eigenvalue weighted by molar-refractivity contribution is 7.13. The molecule has 4 nitrogen and oxygen atoms in total. The molecule has 2 aromatic rings. The van der Waals surface area contributed by atoms with Gasteiger partial charge in [-0.25, -0.2) is 4.98 Å².